The molecule has 3 aromatic rings. The number of hydrogen-bond acceptors (Lipinski definition) is 5. The summed E-state index contributed by atoms with van der Waals surface area (Å²) in [6.45, 7) is 2.35. The Kier molecular flexibility index (Phi) is 5.20. The van der Waals surface area contributed by atoms with Gasteiger partial charge in [-0.2, -0.15) is 0 Å². The van der Waals surface area contributed by atoms with Crippen molar-refractivity contribution >= 4 is 5.91 Å². The van der Waals surface area contributed by atoms with Gasteiger partial charge in [-0.25, -0.2) is 4.68 Å². The molecule has 1 aliphatic heterocycles. The molecular formula is C20H22N6O. The lowest BCUT2D eigenvalue weighted by molar-refractivity contribution is 0.0617. The minimum atomic E-state index is -0.0899. The number of amides is 1. The van der Waals surface area contributed by atoms with E-state index in [2.05, 4.69) is 20.6 Å². The van der Waals surface area contributed by atoms with Gasteiger partial charge in [-0.05, 0) is 49.7 Å². The SMILES string of the molecule is O=C(c1cn(-c2ccccc2)nn1)N(Cc1cccnc1)C1CCNCC1. The van der Waals surface area contributed by atoms with Gasteiger partial charge in [-0.15, -0.1) is 5.10 Å². The zero-order valence-corrected chi connectivity index (χ0v) is 15.0. The maximum atomic E-state index is 13.3. The number of aromatic nitrogens is 4. The van der Waals surface area contributed by atoms with Crippen LogP contribution in [-0.2, 0) is 6.54 Å². The number of para-hydroxylation sites is 1. The van der Waals surface area contributed by atoms with Crippen LogP contribution < -0.4 is 5.32 Å². The van der Waals surface area contributed by atoms with E-state index in [0.717, 1.165) is 37.2 Å². The molecule has 4 rings (SSSR count). The van der Waals surface area contributed by atoms with E-state index in [0.29, 0.717) is 12.2 Å². The van der Waals surface area contributed by atoms with Crippen LogP contribution in [0.5, 0.6) is 0 Å². The highest BCUT2D eigenvalue weighted by Crippen LogP contribution is 2.18. The fourth-order valence-electron chi connectivity index (χ4n) is 3.39. The topological polar surface area (TPSA) is 75.9 Å². The van der Waals surface area contributed by atoms with Crippen LogP contribution in [-0.4, -0.2) is 49.9 Å². The summed E-state index contributed by atoms with van der Waals surface area (Å²) in [6, 6.07) is 13.7. The molecule has 0 atom stereocenters. The Morgan fingerprint density at radius 1 is 1.15 bits per heavy atom. The van der Waals surface area contributed by atoms with Crippen LogP contribution >= 0.6 is 0 Å². The van der Waals surface area contributed by atoms with E-state index in [1.165, 1.54) is 0 Å². The number of rotatable bonds is 5. The Morgan fingerprint density at radius 3 is 2.70 bits per heavy atom. The molecule has 1 aromatic carbocycles. The fourth-order valence-corrected chi connectivity index (χ4v) is 3.39. The fraction of sp³-hybridized carbons (Fsp3) is 0.300. The standard InChI is InChI=1S/C20H22N6O/c27-20(19-15-26(24-23-19)18-6-2-1-3-7-18)25(17-8-11-21-12-9-17)14-16-5-4-10-22-13-16/h1-7,10,13,15,17,21H,8-9,11-12,14H2. The molecule has 0 spiro atoms. The molecular weight excluding hydrogens is 340 g/mol. The number of piperidine rings is 1. The van der Waals surface area contributed by atoms with Gasteiger partial charge < -0.3 is 10.2 Å². The molecule has 7 nitrogen and oxygen atoms in total. The second-order valence-corrected chi connectivity index (χ2v) is 6.66. The highest BCUT2D eigenvalue weighted by atomic mass is 16.2. The highest BCUT2D eigenvalue weighted by Gasteiger charge is 2.28. The minimum absolute atomic E-state index is 0.0899. The Bertz CT molecular complexity index is 874. The average Bonchev–Trinajstić information content (AvgIpc) is 3.24. The first-order chi connectivity index (χ1) is 13.3. The Labute approximate surface area is 158 Å². The third kappa shape index (κ3) is 4.03. The molecule has 0 bridgehead atoms. The van der Waals surface area contributed by atoms with E-state index < -0.39 is 0 Å². The molecule has 1 N–H and O–H groups in total. The lowest BCUT2D eigenvalue weighted by Gasteiger charge is -2.34. The number of hydrogen-bond donors (Lipinski definition) is 1. The normalized spacial score (nSPS) is 14.8. The van der Waals surface area contributed by atoms with Gasteiger partial charge in [0.25, 0.3) is 5.91 Å². The summed E-state index contributed by atoms with van der Waals surface area (Å²) in [7, 11) is 0. The zero-order chi connectivity index (χ0) is 18.5. The van der Waals surface area contributed by atoms with Crippen molar-refractivity contribution in [1.29, 1.82) is 0 Å². The number of pyridine rings is 1. The lowest BCUT2D eigenvalue weighted by atomic mass is 10.0. The lowest BCUT2D eigenvalue weighted by Crippen LogP contribution is -2.45. The molecule has 0 unspecified atom stereocenters. The van der Waals surface area contributed by atoms with Crippen molar-refractivity contribution in [3.63, 3.8) is 0 Å². The zero-order valence-electron chi connectivity index (χ0n) is 15.0. The monoisotopic (exact) mass is 362 g/mol. The molecule has 0 radical (unpaired) electrons. The second-order valence-electron chi connectivity index (χ2n) is 6.66. The predicted molar refractivity (Wildman–Crippen MR) is 101 cm³/mol. The largest absolute Gasteiger partial charge is 0.330 e. The summed E-state index contributed by atoms with van der Waals surface area (Å²) in [5.41, 5.74) is 2.26. The molecule has 27 heavy (non-hydrogen) atoms. The number of benzene rings is 1. The second kappa shape index (κ2) is 8.09. The first kappa shape index (κ1) is 17.4. The molecule has 1 saturated heterocycles. The van der Waals surface area contributed by atoms with Crippen molar-refractivity contribution in [2.45, 2.75) is 25.4 Å². The van der Waals surface area contributed by atoms with Crippen LogP contribution in [0, 0.1) is 0 Å². The van der Waals surface area contributed by atoms with E-state index in [-0.39, 0.29) is 11.9 Å². The van der Waals surface area contributed by atoms with E-state index in [1.54, 1.807) is 17.1 Å². The summed E-state index contributed by atoms with van der Waals surface area (Å²) in [5, 5.41) is 11.6. The minimum Gasteiger partial charge on any atom is -0.330 e. The van der Waals surface area contributed by atoms with Gasteiger partial charge in [0, 0.05) is 25.0 Å². The van der Waals surface area contributed by atoms with E-state index in [4.69, 9.17) is 0 Å². The highest BCUT2D eigenvalue weighted by molar-refractivity contribution is 5.92. The van der Waals surface area contributed by atoms with Gasteiger partial charge >= 0.3 is 0 Å². The third-order valence-electron chi connectivity index (χ3n) is 4.82. The summed E-state index contributed by atoms with van der Waals surface area (Å²) in [5.74, 6) is -0.0899. The number of nitrogens with zero attached hydrogens (tertiary/aromatic N) is 5. The van der Waals surface area contributed by atoms with Gasteiger partial charge in [0.1, 0.15) is 0 Å². The molecule has 2 aromatic heterocycles. The van der Waals surface area contributed by atoms with Crippen LogP contribution in [0.25, 0.3) is 5.69 Å². The van der Waals surface area contributed by atoms with Gasteiger partial charge in [0.2, 0.25) is 0 Å². The van der Waals surface area contributed by atoms with E-state index >= 15 is 0 Å². The Balaban J connectivity index is 1.59. The molecule has 1 aliphatic rings. The molecule has 0 aliphatic carbocycles. The summed E-state index contributed by atoms with van der Waals surface area (Å²) >= 11 is 0. The van der Waals surface area contributed by atoms with E-state index in [1.807, 2.05) is 53.6 Å². The van der Waals surface area contributed by atoms with Crippen molar-refractivity contribution in [3.8, 4) is 5.69 Å². The summed E-state index contributed by atoms with van der Waals surface area (Å²) in [6.07, 6.45) is 7.11. The smallest absolute Gasteiger partial charge is 0.276 e. The molecule has 1 fully saturated rings. The molecule has 1 amide bonds. The number of carbonyl (C=O) groups is 1. The van der Waals surface area contributed by atoms with Crippen molar-refractivity contribution in [2.24, 2.45) is 0 Å². The average molecular weight is 362 g/mol. The van der Waals surface area contributed by atoms with Crippen molar-refractivity contribution in [2.75, 3.05) is 13.1 Å². The van der Waals surface area contributed by atoms with Gasteiger partial charge in [0.15, 0.2) is 5.69 Å². The van der Waals surface area contributed by atoms with Crippen molar-refractivity contribution in [1.82, 2.24) is 30.2 Å². The van der Waals surface area contributed by atoms with Crippen LogP contribution in [0.4, 0.5) is 0 Å². The third-order valence-corrected chi connectivity index (χ3v) is 4.82. The molecule has 0 saturated carbocycles. The Hall–Kier alpha value is -3.06. The predicted octanol–water partition coefficient (Wildman–Crippen LogP) is 2.06. The van der Waals surface area contributed by atoms with Gasteiger partial charge in [-0.3, -0.25) is 9.78 Å². The number of carbonyl (C=O) groups excluding carboxylic acids is 1. The molecule has 3 heterocycles. The van der Waals surface area contributed by atoms with Crippen molar-refractivity contribution in [3.05, 3.63) is 72.3 Å². The van der Waals surface area contributed by atoms with Crippen LogP contribution in [0.2, 0.25) is 0 Å². The molecule has 7 heteroatoms. The van der Waals surface area contributed by atoms with Crippen LogP contribution in [0.15, 0.2) is 61.1 Å². The summed E-state index contributed by atoms with van der Waals surface area (Å²) in [4.78, 5) is 19.4. The van der Waals surface area contributed by atoms with Gasteiger partial charge in [-0.1, -0.05) is 29.5 Å². The first-order valence-corrected chi connectivity index (χ1v) is 9.19. The Morgan fingerprint density at radius 2 is 1.96 bits per heavy atom. The maximum Gasteiger partial charge on any atom is 0.276 e. The van der Waals surface area contributed by atoms with Gasteiger partial charge in [0.05, 0.1) is 11.9 Å². The van der Waals surface area contributed by atoms with Crippen LogP contribution in [0.1, 0.15) is 28.9 Å². The van der Waals surface area contributed by atoms with Crippen molar-refractivity contribution < 1.29 is 4.79 Å². The van der Waals surface area contributed by atoms with Crippen LogP contribution in [0.3, 0.4) is 0 Å². The number of nitrogens with one attached hydrogen (secondary N) is 1. The molecule has 138 valence electrons. The first-order valence-electron chi connectivity index (χ1n) is 9.19. The maximum absolute atomic E-state index is 13.3. The summed E-state index contributed by atoms with van der Waals surface area (Å²) < 4.78 is 1.64. The quantitative estimate of drug-likeness (QED) is 0.752. The van der Waals surface area contributed by atoms with E-state index in [9.17, 15) is 4.79 Å².